The average Bonchev–Trinajstić information content (AvgIpc) is 2.62. The summed E-state index contributed by atoms with van der Waals surface area (Å²) in [6.45, 7) is 10.8. The lowest BCUT2D eigenvalue weighted by Crippen LogP contribution is -2.13. The summed E-state index contributed by atoms with van der Waals surface area (Å²) < 4.78 is 13.5. The molecule has 2 aromatic rings. The van der Waals surface area contributed by atoms with Gasteiger partial charge >= 0.3 is 0 Å². The van der Waals surface area contributed by atoms with Gasteiger partial charge in [-0.2, -0.15) is 0 Å². The van der Waals surface area contributed by atoms with Gasteiger partial charge < -0.3 is 4.79 Å². The van der Waals surface area contributed by atoms with Crippen molar-refractivity contribution in [2.24, 2.45) is 0 Å². The fraction of sp³-hybridized carbons (Fsp3) is 0.500. The van der Waals surface area contributed by atoms with Crippen molar-refractivity contribution in [2.45, 2.75) is 78.6 Å². The van der Waals surface area contributed by atoms with E-state index in [1.807, 2.05) is 12.1 Å². The first-order chi connectivity index (χ1) is 12.9. The molecule has 3 heteroatoms. The third-order valence-electron chi connectivity index (χ3n) is 5.01. The quantitative estimate of drug-likeness (QED) is 0.368. The Kier molecular flexibility index (Phi) is 7.70. The second-order valence-electron chi connectivity index (χ2n) is 7.86. The Morgan fingerprint density at radius 2 is 1.56 bits per heavy atom. The topological polar surface area (TPSA) is 30.0 Å². The highest BCUT2D eigenvalue weighted by molar-refractivity contribution is 5.76. The predicted molar refractivity (Wildman–Crippen MR) is 111 cm³/mol. The first kappa shape index (κ1) is 21.3. The number of unbranched alkanes of at least 4 members (excludes halogenated alkanes) is 2. The molecule has 0 atom stereocenters. The summed E-state index contributed by atoms with van der Waals surface area (Å²) in [4.78, 5) is 16.5. The van der Waals surface area contributed by atoms with Crippen molar-refractivity contribution in [3.05, 3.63) is 52.6 Å². The first-order valence-electron chi connectivity index (χ1n) is 10.2. The molecule has 0 unspecified atom stereocenters. The van der Waals surface area contributed by atoms with E-state index in [9.17, 15) is 9.18 Å². The lowest BCUT2D eigenvalue weighted by Gasteiger charge is -2.24. The molecule has 0 spiro atoms. The van der Waals surface area contributed by atoms with E-state index >= 15 is 0 Å². The van der Waals surface area contributed by atoms with E-state index < -0.39 is 0 Å². The Labute approximate surface area is 163 Å². The number of aromatic nitrogens is 1. The summed E-state index contributed by atoms with van der Waals surface area (Å²) in [7, 11) is 0. The van der Waals surface area contributed by atoms with Gasteiger partial charge in [0.1, 0.15) is 12.1 Å². The fourth-order valence-electron chi connectivity index (χ4n) is 3.72. The number of halogens is 1. The molecule has 146 valence electrons. The highest BCUT2D eigenvalue weighted by Crippen LogP contribution is 2.37. The minimum atomic E-state index is -0.245. The smallest absolute Gasteiger partial charge is 0.124 e. The van der Waals surface area contributed by atoms with Crippen molar-refractivity contribution in [3.8, 4) is 11.1 Å². The monoisotopic (exact) mass is 369 g/mol. The standard InChI is InChI=1S/C24H32FNO/c1-6-7-8-9-20-22(18-10-12-19(25)13-11-18)21(14-15-27)24(17(4)5)26-23(20)16(2)3/h10-13,15-17H,6-9,14H2,1-5H3. The van der Waals surface area contributed by atoms with Gasteiger partial charge in [-0.1, -0.05) is 59.6 Å². The van der Waals surface area contributed by atoms with Crippen LogP contribution in [0.15, 0.2) is 24.3 Å². The number of nitrogens with zero attached hydrogens (tertiary/aromatic N) is 1. The van der Waals surface area contributed by atoms with E-state index in [1.54, 1.807) is 0 Å². The van der Waals surface area contributed by atoms with Crippen LogP contribution < -0.4 is 0 Å². The van der Waals surface area contributed by atoms with Crippen LogP contribution in [0.1, 0.15) is 88.2 Å². The molecule has 0 fully saturated rings. The van der Waals surface area contributed by atoms with Gasteiger partial charge in [0.15, 0.2) is 0 Å². The summed E-state index contributed by atoms with van der Waals surface area (Å²) in [5, 5.41) is 0. The fourth-order valence-corrected chi connectivity index (χ4v) is 3.72. The molecule has 0 aliphatic heterocycles. The van der Waals surface area contributed by atoms with E-state index in [2.05, 4.69) is 34.6 Å². The zero-order valence-corrected chi connectivity index (χ0v) is 17.3. The zero-order valence-electron chi connectivity index (χ0n) is 17.3. The van der Waals surface area contributed by atoms with Gasteiger partial charge in [-0.3, -0.25) is 4.98 Å². The summed E-state index contributed by atoms with van der Waals surface area (Å²) in [5.41, 5.74) is 6.41. The number of benzene rings is 1. The normalized spacial score (nSPS) is 11.4. The van der Waals surface area contributed by atoms with Crippen LogP contribution in [0.4, 0.5) is 4.39 Å². The molecule has 0 amide bonds. The van der Waals surface area contributed by atoms with E-state index in [-0.39, 0.29) is 11.7 Å². The largest absolute Gasteiger partial charge is 0.303 e. The van der Waals surface area contributed by atoms with Crippen molar-refractivity contribution < 1.29 is 9.18 Å². The van der Waals surface area contributed by atoms with Crippen LogP contribution >= 0.6 is 0 Å². The third kappa shape index (κ3) is 5.03. The van der Waals surface area contributed by atoms with Crippen molar-refractivity contribution in [2.75, 3.05) is 0 Å². The molecule has 0 radical (unpaired) electrons. The molecule has 2 rings (SSSR count). The molecule has 0 aliphatic rings. The van der Waals surface area contributed by atoms with E-state index in [4.69, 9.17) is 4.98 Å². The maximum atomic E-state index is 13.5. The molecule has 1 aromatic carbocycles. The molecular weight excluding hydrogens is 337 g/mol. The average molecular weight is 370 g/mol. The molecule has 1 aromatic heterocycles. The molecule has 0 saturated heterocycles. The number of aldehydes is 1. The second-order valence-corrected chi connectivity index (χ2v) is 7.86. The number of pyridine rings is 1. The van der Waals surface area contributed by atoms with Gasteiger partial charge in [0.05, 0.1) is 0 Å². The van der Waals surface area contributed by atoms with E-state index in [0.29, 0.717) is 12.3 Å². The second kappa shape index (κ2) is 9.77. The minimum absolute atomic E-state index is 0.223. The maximum absolute atomic E-state index is 13.5. The van der Waals surface area contributed by atoms with Gasteiger partial charge in [0, 0.05) is 17.8 Å². The van der Waals surface area contributed by atoms with Crippen molar-refractivity contribution in [3.63, 3.8) is 0 Å². The van der Waals surface area contributed by atoms with Gasteiger partial charge in [-0.15, -0.1) is 0 Å². The minimum Gasteiger partial charge on any atom is -0.303 e. The van der Waals surface area contributed by atoms with Crippen LogP contribution in [0.3, 0.4) is 0 Å². The van der Waals surface area contributed by atoms with Crippen molar-refractivity contribution in [1.29, 1.82) is 0 Å². The molecule has 0 saturated carbocycles. The summed E-state index contributed by atoms with van der Waals surface area (Å²) in [5.74, 6) is 0.274. The van der Waals surface area contributed by atoms with Crippen LogP contribution in [0, 0.1) is 5.82 Å². The van der Waals surface area contributed by atoms with Crippen LogP contribution in [0.2, 0.25) is 0 Å². The lowest BCUT2D eigenvalue weighted by molar-refractivity contribution is -0.107. The summed E-state index contributed by atoms with van der Waals surface area (Å²) in [6.07, 6.45) is 5.64. The van der Waals surface area contributed by atoms with Crippen LogP contribution in [-0.4, -0.2) is 11.3 Å². The van der Waals surface area contributed by atoms with Gasteiger partial charge in [-0.05, 0) is 59.1 Å². The Bertz CT molecular complexity index is 763. The number of rotatable bonds is 9. The number of hydrogen-bond donors (Lipinski definition) is 0. The van der Waals surface area contributed by atoms with E-state index in [0.717, 1.165) is 60.0 Å². The third-order valence-corrected chi connectivity index (χ3v) is 5.01. The molecule has 27 heavy (non-hydrogen) atoms. The Morgan fingerprint density at radius 1 is 0.963 bits per heavy atom. The lowest BCUT2D eigenvalue weighted by atomic mass is 9.84. The Morgan fingerprint density at radius 3 is 2.07 bits per heavy atom. The van der Waals surface area contributed by atoms with Gasteiger partial charge in [0.25, 0.3) is 0 Å². The number of hydrogen-bond acceptors (Lipinski definition) is 2. The molecule has 2 nitrogen and oxygen atoms in total. The maximum Gasteiger partial charge on any atom is 0.124 e. The van der Waals surface area contributed by atoms with Crippen molar-refractivity contribution >= 4 is 6.29 Å². The first-order valence-corrected chi connectivity index (χ1v) is 10.2. The van der Waals surface area contributed by atoms with Gasteiger partial charge in [-0.25, -0.2) is 4.39 Å². The highest BCUT2D eigenvalue weighted by atomic mass is 19.1. The zero-order chi connectivity index (χ0) is 20.0. The number of carbonyl (C=O) groups excluding carboxylic acids is 1. The highest BCUT2D eigenvalue weighted by Gasteiger charge is 2.23. The molecule has 0 aliphatic carbocycles. The van der Waals surface area contributed by atoms with Crippen molar-refractivity contribution in [1.82, 2.24) is 4.98 Å². The molecule has 0 bridgehead atoms. The van der Waals surface area contributed by atoms with Crippen LogP contribution in [0.25, 0.3) is 11.1 Å². The number of carbonyl (C=O) groups is 1. The van der Waals surface area contributed by atoms with Crippen LogP contribution in [-0.2, 0) is 17.6 Å². The summed E-state index contributed by atoms with van der Waals surface area (Å²) in [6, 6.07) is 6.66. The van der Waals surface area contributed by atoms with Gasteiger partial charge in [0.2, 0.25) is 0 Å². The SMILES string of the molecule is CCCCCc1c(C(C)C)nc(C(C)C)c(CC=O)c1-c1ccc(F)cc1. The summed E-state index contributed by atoms with van der Waals surface area (Å²) >= 11 is 0. The molecular formula is C24H32FNO. The molecule has 0 N–H and O–H groups in total. The Balaban J connectivity index is 2.81. The van der Waals surface area contributed by atoms with E-state index in [1.165, 1.54) is 17.7 Å². The predicted octanol–water partition coefficient (Wildman–Crippen LogP) is 6.61. The molecule has 1 heterocycles. The Hall–Kier alpha value is -2.03. The van der Waals surface area contributed by atoms with Crippen LogP contribution in [0.5, 0.6) is 0 Å².